The van der Waals surface area contributed by atoms with Gasteiger partial charge in [0.2, 0.25) is 0 Å². The van der Waals surface area contributed by atoms with Crippen LogP contribution in [0.25, 0.3) is 44.1 Å². The molecule has 1 aromatic carbocycles. The zero-order chi connectivity index (χ0) is 58.1. The molecule has 23 nitrogen and oxygen atoms in total. The fraction of sp³-hybridized carbons (Fsp3) is 0.109. The fourth-order valence-corrected chi connectivity index (χ4v) is 9.00. The molecule has 0 amide bonds. The molecule has 0 unspecified atom stereocenters. The van der Waals surface area contributed by atoms with E-state index in [2.05, 4.69) is 95.0 Å². The lowest BCUT2D eigenvalue weighted by atomic mass is 10.2. The van der Waals surface area contributed by atoms with Crippen molar-refractivity contribution in [3.8, 4) is 11.5 Å². The number of hydrogen-bond donors (Lipinski definition) is 10. The molecule has 0 saturated carbocycles. The third-order valence-corrected chi connectivity index (χ3v) is 13.5. The average Bonchev–Trinajstić information content (AvgIpc) is 4.56. The van der Waals surface area contributed by atoms with E-state index in [-0.39, 0.29) is 34.3 Å². The van der Waals surface area contributed by atoms with Crippen LogP contribution in [-0.4, -0.2) is 120 Å². The summed E-state index contributed by atoms with van der Waals surface area (Å²) < 4.78 is 35.0. The maximum atomic E-state index is 12.2. The molecular weight excluding hydrogens is 1130 g/mol. The van der Waals surface area contributed by atoms with Gasteiger partial charge < -0.3 is 54.5 Å². The monoisotopic (exact) mass is 1180 g/mol. The minimum Gasteiger partial charge on any atom is -0.504 e. The van der Waals surface area contributed by atoms with Gasteiger partial charge in [-0.25, -0.2) is 24.7 Å². The summed E-state index contributed by atoms with van der Waals surface area (Å²) >= 11 is 10.4. The fourth-order valence-electron chi connectivity index (χ4n) is 6.90. The number of aromatic amines is 5. The Kier molecular flexibility index (Phi) is 22.5. The van der Waals surface area contributed by atoms with Gasteiger partial charge in [-0.1, -0.05) is 17.7 Å². The highest BCUT2D eigenvalue weighted by molar-refractivity contribution is 7.99. The highest BCUT2D eigenvalue weighted by Gasteiger charge is 2.19. The van der Waals surface area contributed by atoms with Gasteiger partial charge in [0.15, 0.2) is 27.1 Å². The second-order valence-corrected chi connectivity index (χ2v) is 20.0. The van der Waals surface area contributed by atoms with Crippen LogP contribution in [0.3, 0.4) is 0 Å². The van der Waals surface area contributed by atoms with Crippen molar-refractivity contribution in [3.63, 3.8) is 0 Å². The van der Waals surface area contributed by atoms with Gasteiger partial charge in [-0.15, -0.1) is 12.6 Å². The van der Waals surface area contributed by atoms with Crippen molar-refractivity contribution < 1.29 is 42.2 Å². The SMILES string of the molecule is C1CCOC1.Cc1ccc(S(=O)(=O)Oc2c[nH]c3cccnc23)cc1.O=C(O)CNc1cccnc1C(=O)O.Oc1c[nH]c2cccnc12.S=c1nccc[nH]1.Sc1c[nH]c2cccnc12.c1cnc(Sc2c[nH]c3cccnc23)nc1. The predicted octanol–water partition coefficient (Wildman–Crippen LogP) is 10.5. The maximum Gasteiger partial charge on any atom is 0.356 e. The van der Waals surface area contributed by atoms with Crippen LogP contribution < -0.4 is 9.50 Å². The van der Waals surface area contributed by atoms with Crippen LogP contribution in [-0.2, 0) is 19.6 Å². The number of aromatic nitrogens is 13. The first kappa shape index (κ1) is 60.1. The first-order valence-electron chi connectivity index (χ1n) is 24.5. The van der Waals surface area contributed by atoms with Gasteiger partial charge in [-0.05, 0) is 129 Å². The zero-order valence-electron chi connectivity index (χ0n) is 43.3. The highest BCUT2D eigenvalue weighted by Crippen LogP contribution is 2.30. The number of nitrogens with zero attached hydrogens (tertiary/aromatic N) is 8. The molecule has 0 radical (unpaired) electrons. The third-order valence-electron chi connectivity index (χ3n) is 10.7. The van der Waals surface area contributed by atoms with Crippen molar-refractivity contribution in [2.75, 3.05) is 25.1 Å². The van der Waals surface area contributed by atoms with Crippen molar-refractivity contribution in [2.45, 2.75) is 39.6 Å². The Morgan fingerprint density at radius 1 is 0.646 bits per heavy atom. The molecule has 0 spiro atoms. The Balaban J connectivity index is 0.000000143. The van der Waals surface area contributed by atoms with Gasteiger partial charge in [0.25, 0.3) is 0 Å². The topological polar surface area (TPSA) is 342 Å². The smallest absolute Gasteiger partial charge is 0.356 e. The lowest BCUT2D eigenvalue weighted by Crippen LogP contribution is -2.15. The number of nitrogens with one attached hydrogen (secondary N) is 6. The number of hydrogen-bond acceptors (Lipinski definition) is 19. The minimum atomic E-state index is -3.85. The number of anilines is 1. The Morgan fingerprint density at radius 2 is 1.18 bits per heavy atom. The largest absolute Gasteiger partial charge is 0.504 e. The number of H-pyrrole nitrogens is 5. The van der Waals surface area contributed by atoms with Gasteiger partial charge in [-0.2, -0.15) is 8.42 Å². The molecule has 1 saturated heterocycles. The summed E-state index contributed by atoms with van der Waals surface area (Å²) in [6.07, 6.45) is 24.3. The Morgan fingerprint density at radius 3 is 1.76 bits per heavy atom. The molecule has 0 aliphatic carbocycles. The number of aromatic hydroxyl groups is 1. The molecule has 9 N–H and O–H groups in total. The van der Waals surface area contributed by atoms with Crippen LogP contribution in [0.5, 0.6) is 11.5 Å². The number of carbonyl (C=O) groups is 2. The number of aryl methyl sites for hydroxylation is 1. The van der Waals surface area contributed by atoms with E-state index in [9.17, 15) is 18.0 Å². The minimum absolute atomic E-state index is 0.119. The summed E-state index contributed by atoms with van der Waals surface area (Å²) in [5.74, 6) is -1.86. The number of thiol groups is 1. The van der Waals surface area contributed by atoms with E-state index in [1.54, 1.807) is 86.0 Å². The molecule has 1 aliphatic rings. The molecule has 11 aromatic heterocycles. The summed E-state index contributed by atoms with van der Waals surface area (Å²) in [5, 5.41) is 29.4. The van der Waals surface area contributed by atoms with Crippen LogP contribution in [0.15, 0.2) is 197 Å². The molecule has 13 rings (SSSR count). The van der Waals surface area contributed by atoms with Crippen molar-refractivity contribution in [2.24, 2.45) is 0 Å². The van der Waals surface area contributed by atoms with Crippen LogP contribution in [0, 0.1) is 11.7 Å². The highest BCUT2D eigenvalue weighted by atomic mass is 32.2. The normalized spacial score (nSPS) is 11.3. The first-order valence-corrected chi connectivity index (χ1v) is 27.6. The molecule has 1 fully saturated rings. The van der Waals surface area contributed by atoms with Crippen LogP contribution in [0.4, 0.5) is 5.69 Å². The molecule has 1 aliphatic heterocycles. The van der Waals surface area contributed by atoms with Gasteiger partial charge in [0.1, 0.15) is 33.5 Å². The van der Waals surface area contributed by atoms with E-state index >= 15 is 0 Å². The van der Waals surface area contributed by atoms with E-state index in [0.29, 0.717) is 15.8 Å². The number of carboxylic acid groups (broad SMARTS) is 2. The summed E-state index contributed by atoms with van der Waals surface area (Å²) in [6, 6.07) is 28.1. The van der Waals surface area contributed by atoms with Crippen LogP contribution >= 0.6 is 36.6 Å². The molecule has 27 heteroatoms. The van der Waals surface area contributed by atoms with Gasteiger partial charge >= 0.3 is 22.1 Å². The number of benzene rings is 1. The number of carboxylic acids is 2. The summed E-state index contributed by atoms with van der Waals surface area (Å²) in [7, 11) is -3.85. The number of rotatable bonds is 9. The van der Waals surface area contributed by atoms with E-state index < -0.39 is 22.1 Å². The van der Waals surface area contributed by atoms with Crippen molar-refractivity contribution in [1.82, 2.24) is 64.8 Å². The molecule has 82 heavy (non-hydrogen) atoms. The number of aliphatic carboxylic acids is 1. The Hall–Kier alpha value is -9.54. The van der Waals surface area contributed by atoms with E-state index in [4.69, 9.17) is 24.2 Å². The quantitative estimate of drug-likeness (QED) is 0.0278. The van der Waals surface area contributed by atoms with Crippen molar-refractivity contribution in [1.29, 1.82) is 0 Å². The number of pyridine rings is 5. The van der Waals surface area contributed by atoms with Gasteiger partial charge in [0.05, 0.1) is 32.6 Å². The predicted molar refractivity (Wildman–Crippen MR) is 315 cm³/mol. The number of ether oxygens (including phenoxy) is 1. The van der Waals surface area contributed by atoms with Crippen molar-refractivity contribution in [3.05, 3.63) is 194 Å². The standard InChI is InChI=1S/C14H12N2O3S.C11H8N4S.C8H8N2O4.C7H6N2O.C7H6N2S.C4H4N2S.C4H8O/c1-10-4-6-11(7-5-10)20(17,18)19-13-9-16-12-3-2-8-15-14(12)13;1-3-8-10(12-4-1)9(7-15-8)16-11-13-5-2-6-14-11;11-6(12)4-10-5-2-1-3-9-7(5)8(13)14;2*10-6-4-9-5-2-1-3-8-7(5)6;7-4-5-2-1-3-6-4;1-2-4-5-3-1/h2-9,16H,1H3;1-7,15H;1-3,10H,4H2,(H,11,12)(H,13,14);2*1-4,9-10H;1-3H,(H,5,6,7);1-4H2. The number of fused-ring (bicyclic) bond motifs is 4. The van der Waals surface area contributed by atoms with Crippen molar-refractivity contribution >= 4 is 108 Å². The summed E-state index contributed by atoms with van der Waals surface area (Å²) in [5.41, 5.74) is 7.65. The Labute approximate surface area is 482 Å². The summed E-state index contributed by atoms with van der Waals surface area (Å²) in [6.45, 7) is 3.55. The Bertz CT molecular complexity index is 4020. The van der Waals surface area contributed by atoms with E-state index in [1.165, 1.54) is 67.5 Å². The van der Waals surface area contributed by atoms with Gasteiger partial charge in [0, 0.05) is 98.7 Å². The van der Waals surface area contributed by atoms with E-state index in [0.717, 1.165) is 66.8 Å². The molecule has 0 atom stereocenters. The second-order valence-electron chi connectivity index (χ2n) is 16.6. The zero-order valence-corrected chi connectivity index (χ0v) is 46.7. The summed E-state index contributed by atoms with van der Waals surface area (Å²) in [4.78, 5) is 69.9. The third kappa shape index (κ3) is 18.3. The van der Waals surface area contributed by atoms with Crippen LogP contribution in [0.1, 0.15) is 28.9 Å². The van der Waals surface area contributed by atoms with Gasteiger partial charge in [-0.3, -0.25) is 24.7 Å². The van der Waals surface area contributed by atoms with Crippen LogP contribution in [0.2, 0.25) is 0 Å². The average molecular weight is 1180 g/mol. The molecule has 0 bridgehead atoms. The molecule has 420 valence electrons. The second kappa shape index (κ2) is 30.7. The maximum absolute atomic E-state index is 12.2. The lowest BCUT2D eigenvalue weighted by molar-refractivity contribution is -0.134. The molecule has 12 heterocycles. The molecular formula is C55H52N14O9S4. The first-order chi connectivity index (χ1) is 39.8. The molecule has 12 aromatic rings. The van der Waals surface area contributed by atoms with E-state index in [1.807, 2.05) is 55.7 Å². The number of aromatic carboxylic acids is 1. The lowest BCUT2D eigenvalue weighted by Gasteiger charge is -2.05.